The molecule has 2 aliphatic heterocycles. The van der Waals surface area contributed by atoms with Crippen LogP contribution in [0, 0.1) is 0 Å². The van der Waals surface area contributed by atoms with Gasteiger partial charge in [0.1, 0.15) is 6.10 Å². The molecule has 0 unspecified atom stereocenters. The van der Waals surface area contributed by atoms with Crippen LogP contribution in [-0.4, -0.2) is 67.6 Å². The first-order valence-corrected chi connectivity index (χ1v) is 9.51. The summed E-state index contributed by atoms with van der Waals surface area (Å²) in [7, 11) is -3.56. The molecule has 0 spiro atoms. The van der Waals surface area contributed by atoms with Crippen molar-refractivity contribution in [3.63, 3.8) is 0 Å². The highest BCUT2D eigenvalue weighted by Gasteiger charge is 2.32. The molecule has 0 aliphatic carbocycles. The number of amides is 1. The molecule has 3 rings (SSSR count). The van der Waals surface area contributed by atoms with E-state index < -0.39 is 16.1 Å². The van der Waals surface area contributed by atoms with Crippen LogP contribution in [0.15, 0.2) is 23.1 Å². The lowest BCUT2D eigenvalue weighted by molar-refractivity contribution is -0.140. The number of carbonyl (C=O) groups is 1. The van der Waals surface area contributed by atoms with E-state index in [4.69, 9.17) is 4.74 Å². The third-order valence-corrected chi connectivity index (χ3v) is 6.46. The third kappa shape index (κ3) is 3.19. The first-order valence-electron chi connectivity index (χ1n) is 8.07. The SMILES string of the molecule is C[C@H](O)C(=O)N1CCc2c(cccc2S(=O)(=O)N2CCOCC2)C1. The molecule has 2 aliphatic rings. The number of benzene rings is 1. The van der Waals surface area contributed by atoms with E-state index in [9.17, 15) is 18.3 Å². The number of rotatable bonds is 3. The Morgan fingerprint density at radius 2 is 1.96 bits per heavy atom. The summed E-state index contributed by atoms with van der Waals surface area (Å²) in [6.07, 6.45) is -0.583. The Balaban J connectivity index is 1.90. The molecule has 1 N–H and O–H groups in total. The Bertz CT molecular complexity index is 726. The Morgan fingerprint density at radius 3 is 2.62 bits per heavy atom. The van der Waals surface area contributed by atoms with E-state index in [1.54, 1.807) is 17.0 Å². The van der Waals surface area contributed by atoms with E-state index in [0.29, 0.717) is 50.7 Å². The van der Waals surface area contributed by atoms with Crippen molar-refractivity contribution in [3.05, 3.63) is 29.3 Å². The van der Waals surface area contributed by atoms with Crippen LogP contribution in [-0.2, 0) is 32.5 Å². The smallest absolute Gasteiger partial charge is 0.251 e. The minimum absolute atomic E-state index is 0.325. The van der Waals surface area contributed by atoms with Crippen LogP contribution in [0.1, 0.15) is 18.1 Å². The number of nitrogens with zero attached hydrogens (tertiary/aromatic N) is 2. The summed E-state index contributed by atoms with van der Waals surface area (Å²) in [6, 6.07) is 5.19. The van der Waals surface area contributed by atoms with E-state index in [1.165, 1.54) is 11.2 Å². The molecule has 24 heavy (non-hydrogen) atoms. The Morgan fingerprint density at radius 1 is 1.25 bits per heavy atom. The maximum atomic E-state index is 12.9. The average Bonchev–Trinajstić information content (AvgIpc) is 2.60. The van der Waals surface area contributed by atoms with Gasteiger partial charge >= 0.3 is 0 Å². The van der Waals surface area contributed by atoms with Gasteiger partial charge in [-0.1, -0.05) is 12.1 Å². The van der Waals surface area contributed by atoms with E-state index >= 15 is 0 Å². The van der Waals surface area contributed by atoms with Gasteiger partial charge in [0.2, 0.25) is 10.0 Å². The molecule has 0 radical (unpaired) electrons. The van der Waals surface area contributed by atoms with Crippen molar-refractivity contribution < 1.29 is 23.1 Å². The van der Waals surface area contributed by atoms with Gasteiger partial charge in [-0.05, 0) is 30.5 Å². The highest BCUT2D eigenvalue weighted by atomic mass is 32.2. The molecule has 8 heteroatoms. The Kier molecular flexibility index (Phi) is 4.91. The zero-order chi connectivity index (χ0) is 17.3. The van der Waals surface area contributed by atoms with Crippen molar-refractivity contribution in [2.45, 2.75) is 30.9 Å². The molecule has 0 saturated carbocycles. The fraction of sp³-hybridized carbons (Fsp3) is 0.562. The van der Waals surface area contributed by atoms with Gasteiger partial charge < -0.3 is 14.7 Å². The number of carbonyl (C=O) groups excluding carboxylic acids is 1. The fourth-order valence-electron chi connectivity index (χ4n) is 3.19. The monoisotopic (exact) mass is 354 g/mol. The molecular weight excluding hydrogens is 332 g/mol. The molecule has 1 aromatic carbocycles. The summed E-state index contributed by atoms with van der Waals surface area (Å²) in [5, 5.41) is 9.47. The minimum atomic E-state index is -3.56. The molecule has 0 bridgehead atoms. The Hall–Kier alpha value is -1.48. The molecule has 1 amide bonds. The quantitative estimate of drug-likeness (QED) is 0.824. The fourth-order valence-corrected chi connectivity index (χ4v) is 4.90. The van der Waals surface area contributed by atoms with E-state index in [1.807, 2.05) is 6.07 Å². The van der Waals surface area contributed by atoms with Crippen molar-refractivity contribution in [1.29, 1.82) is 0 Å². The van der Waals surface area contributed by atoms with Crippen LogP contribution < -0.4 is 0 Å². The lowest BCUT2D eigenvalue weighted by Gasteiger charge is -2.32. The minimum Gasteiger partial charge on any atom is -0.384 e. The standard InChI is InChI=1S/C16H22N2O5S/c1-12(19)16(20)17-6-5-14-13(11-17)3-2-4-15(14)24(21,22)18-7-9-23-10-8-18/h2-4,12,19H,5-11H2,1H3/t12-/m0/s1. The average molecular weight is 354 g/mol. The Labute approximate surface area is 141 Å². The molecule has 1 aromatic rings. The number of fused-ring (bicyclic) bond motifs is 1. The van der Waals surface area contributed by atoms with Gasteiger partial charge in [0.25, 0.3) is 5.91 Å². The first kappa shape index (κ1) is 17.3. The number of ether oxygens (including phenoxy) is 1. The lowest BCUT2D eigenvalue weighted by atomic mass is 9.99. The number of morpholine rings is 1. The molecule has 0 aromatic heterocycles. The summed E-state index contributed by atoms with van der Waals surface area (Å²) in [6.45, 7) is 3.71. The number of sulfonamides is 1. The van der Waals surface area contributed by atoms with Crippen molar-refractivity contribution in [3.8, 4) is 0 Å². The zero-order valence-electron chi connectivity index (χ0n) is 13.6. The lowest BCUT2D eigenvalue weighted by Crippen LogP contribution is -2.43. The molecular formula is C16H22N2O5S. The summed E-state index contributed by atoms with van der Waals surface area (Å²) in [5.74, 6) is -0.331. The van der Waals surface area contributed by atoms with Gasteiger partial charge in [-0.25, -0.2) is 8.42 Å². The number of aliphatic hydroxyl groups is 1. The molecule has 132 valence electrons. The zero-order valence-corrected chi connectivity index (χ0v) is 14.5. The van der Waals surface area contributed by atoms with Crippen molar-refractivity contribution in [1.82, 2.24) is 9.21 Å². The van der Waals surface area contributed by atoms with Gasteiger partial charge in [-0.3, -0.25) is 4.79 Å². The summed E-state index contributed by atoms with van der Waals surface area (Å²) in [5.41, 5.74) is 1.60. The normalized spacial score (nSPS) is 20.5. The number of aliphatic hydroxyl groups excluding tert-OH is 1. The largest absolute Gasteiger partial charge is 0.384 e. The first-order chi connectivity index (χ1) is 11.4. The van der Waals surface area contributed by atoms with Crippen LogP contribution in [0.4, 0.5) is 0 Å². The van der Waals surface area contributed by atoms with Crippen molar-refractivity contribution in [2.75, 3.05) is 32.8 Å². The second kappa shape index (κ2) is 6.79. The third-order valence-electron chi connectivity index (χ3n) is 4.48. The van der Waals surface area contributed by atoms with Crippen molar-refractivity contribution >= 4 is 15.9 Å². The van der Waals surface area contributed by atoms with Crippen LogP contribution in [0.25, 0.3) is 0 Å². The van der Waals surface area contributed by atoms with Crippen LogP contribution >= 0.6 is 0 Å². The van der Waals surface area contributed by atoms with Crippen LogP contribution in [0.3, 0.4) is 0 Å². The van der Waals surface area contributed by atoms with Crippen LogP contribution in [0.2, 0.25) is 0 Å². The van der Waals surface area contributed by atoms with E-state index in [-0.39, 0.29) is 5.91 Å². The van der Waals surface area contributed by atoms with Gasteiger partial charge in [0.05, 0.1) is 18.1 Å². The maximum Gasteiger partial charge on any atom is 0.251 e. The van der Waals surface area contributed by atoms with Gasteiger partial charge in [0.15, 0.2) is 0 Å². The highest BCUT2D eigenvalue weighted by Crippen LogP contribution is 2.28. The topological polar surface area (TPSA) is 87.2 Å². The molecule has 7 nitrogen and oxygen atoms in total. The van der Waals surface area contributed by atoms with Gasteiger partial charge in [0, 0.05) is 26.2 Å². The van der Waals surface area contributed by atoms with Crippen molar-refractivity contribution in [2.24, 2.45) is 0 Å². The van der Waals surface area contributed by atoms with Gasteiger partial charge in [-0.2, -0.15) is 4.31 Å². The maximum absolute atomic E-state index is 12.9. The number of hydrogen-bond donors (Lipinski definition) is 1. The molecule has 2 heterocycles. The molecule has 1 saturated heterocycles. The highest BCUT2D eigenvalue weighted by molar-refractivity contribution is 7.89. The second-order valence-corrected chi connectivity index (χ2v) is 8.00. The number of hydrogen-bond acceptors (Lipinski definition) is 5. The second-order valence-electron chi connectivity index (χ2n) is 6.10. The van der Waals surface area contributed by atoms with E-state index in [2.05, 4.69) is 0 Å². The molecule has 1 atom stereocenters. The summed E-state index contributed by atoms with van der Waals surface area (Å²) in [4.78, 5) is 13.9. The predicted octanol–water partition coefficient (Wildman–Crippen LogP) is -0.0270. The van der Waals surface area contributed by atoms with Gasteiger partial charge in [-0.15, -0.1) is 0 Å². The van der Waals surface area contributed by atoms with E-state index in [0.717, 1.165) is 11.1 Å². The summed E-state index contributed by atoms with van der Waals surface area (Å²) >= 11 is 0. The molecule has 1 fully saturated rings. The van der Waals surface area contributed by atoms with Crippen LogP contribution in [0.5, 0.6) is 0 Å². The summed E-state index contributed by atoms with van der Waals surface area (Å²) < 4.78 is 32.6. The predicted molar refractivity (Wildman–Crippen MR) is 86.8 cm³/mol.